The molecule has 1 aliphatic carbocycles. The quantitative estimate of drug-likeness (QED) is 0.527. The summed E-state index contributed by atoms with van der Waals surface area (Å²) >= 11 is 0. The molecule has 1 N–H and O–H groups in total. The summed E-state index contributed by atoms with van der Waals surface area (Å²) in [7, 11) is 0. The van der Waals surface area contributed by atoms with Crippen LogP contribution in [-0.4, -0.2) is 11.1 Å². The van der Waals surface area contributed by atoms with Crippen molar-refractivity contribution in [3.8, 4) is 12.3 Å². The summed E-state index contributed by atoms with van der Waals surface area (Å²) in [5.41, 5.74) is -0.792. The Morgan fingerprint density at radius 3 is 2.22 bits per heavy atom. The maximum atomic E-state index is 10.4. The molecule has 48 valence electrons. The normalized spacial score (nSPS) is 21.7. The number of hydrogen-bond donors (Lipinski definition) is 1. The lowest BCUT2D eigenvalue weighted by Crippen LogP contribution is -2.36. The van der Waals surface area contributed by atoms with Gasteiger partial charge in [-0.25, -0.2) is 0 Å². The number of carboxylic acid groups (broad SMARTS) is 1. The predicted molar refractivity (Wildman–Crippen MR) is 32.8 cm³/mol. The Morgan fingerprint density at radius 1 is 1.67 bits per heavy atom. The molecular formula is C7H8O2. The summed E-state index contributed by atoms with van der Waals surface area (Å²) in [5.74, 6) is 1.48. The van der Waals surface area contributed by atoms with Gasteiger partial charge >= 0.3 is 5.97 Å². The van der Waals surface area contributed by atoms with E-state index in [0.29, 0.717) is 12.8 Å². The predicted octanol–water partition coefficient (Wildman–Crippen LogP) is 0.875. The van der Waals surface area contributed by atoms with Gasteiger partial charge in [-0.2, -0.15) is 0 Å². The van der Waals surface area contributed by atoms with Crippen LogP contribution in [0.4, 0.5) is 0 Å². The monoisotopic (exact) mass is 124 g/mol. The second-order valence-corrected chi connectivity index (χ2v) is 2.39. The minimum atomic E-state index is -0.837. The zero-order chi connectivity index (χ0) is 6.91. The molecule has 0 aromatic heterocycles. The van der Waals surface area contributed by atoms with E-state index in [9.17, 15) is 4.79 Å². The van der Waals surface area contributed by atoms with Gasteiger partial charge in [0.15, 0.2) is 0 Å². The highest BCUT2D eigenvalue weighted by Crippen LogP contribution is 2.40. The van der Waals surface area contributed by atoms with Crippen LogP contribution in [-0.2, 0) is 4.79 Å². The van der Waals surface area contributed by atoms with E-state index in [4.69, 9.17) is 11.5 Å². The van der Waals surface area contributed by atoms with Gasteiger partial charge in [0, 0.05) is 0 Å². The molecule has 0 amide bonds. The van der Waals surface area contributed by atoms with Gasteiger partial charge in [-0.1, -0.05) is 5.92 Å². The van der Waals surface area contributed by atoms with E-state index in [2.05, 4.69) is 5.92 Å². The van der Waals surface area contributed by atoms with Crippen LogP contribution in [0.25, 0.3) is 0 Å². The Balaban J connectivity index is 2.71. The molecule has 1 rings (SSSR count). The molecule has 0 heterocycles. The van der Waals surface area contributed by atoms with E-state index in [0.717, 1.165) is 6.42 Å². The van der Waals surface area contributed by atoms with Gasteiger partial charge in [0.1, 0.15) is 5.41 Å². The van der Waals surface area contributed by atoms with Crippen molar-refractivity contribution in [1.29, 1.82) is 0 Å². The van der Waals surface area contributed by atoms with E-state index < -0.39 is 11.4 Å². The summed E-state index contributed by atoms with van der Waals surface area (Å²) in [6, 6.07) is 0. The molecule has 0 bridgehead atoms. The van der Waals surface area contributed by atoms with Gasteiger partial charge in [0.2, 0.25) is 0 Å². The van der Waals surface area contributed by atoms with Crippen LogP contribution in [0.15, 0.2) is 0 Å². The molecular weight excluding hydrogens is 116 g/mol. The molecule has 2 heteroatoms. The van der Waals surface area contributed by atoms with Crippen molar-refractivity contribution in [2.45, 2.75) is 19.3 Å². The van der Waals surface area contributed by atoms with E-state index in [1.165, 1.54) is 0 Å². The molecule has 2 nitrogen and oxygen atoms in total. The molecule has 0 saturated heterocycles. The third kappa shape index (κ3) is 0.692. The van der Waals surface area contributed by atoms with Crippen molar-refractivity contribution in [2.24, 2.45) is 5.41 Å². The van der Waals surface area contributed by atoms with Crippen LogP contribution in [0.2, 0.25) is 0 Å². The Morgan fingerprint density at radius 2 is 2.22 bits per heavy atom. The van der Waals surface area contributed by atoms with Crippen LogP contribution in [0, 0.1) is 17.8 Å². The summed E-state index contributed by atoms with van der Waals surface area (Å²) < 4.78 is 0. The summed E-state index contributed by atoms with van der Waals surface area (Å²) in [6.45, 7) is 0. The summed E-state index contributed by atoms with van der Waals surface area (Å²) in [6.07, 6.45) is 7.30. The minimum absolute atomic E-state index is 0.652. The first-order chi connectivity index (χ1) is 4.21. The molecule has 0 aromatic rings. The molecule has 1 fully saturated rings. The minimum Gasteiger partial charge on any atom is -0.480 e. The maximum Gasteiger partial charge on any atom is 0.321 e. The van der Waals surface area contributed by atoms with Crippen molar-refractivity contribution in [1.82, 2.24) is 0 Å². The number of carboxylic acids is 1. The standard InChI is InChI=1S/C7H8O2/c1-2-7(6(8)9)4-3-5-7/h1H,3-5H2,(H,8,9). The fourth-order valence-corrected chi connectivity index (χ4v) is 0.950. The van der Waals surface area contributed by atoms with Gasteiger partial charge in [0.05, 0.1) is 0 Å². The number of carbonyl (C=O) groups is 1. The van der Waals surface area contributed by atoms with Crippen molar-refractivity contribution in [3.05, 3.63) is 0 Å². The zero-order valence-corrected chi connectivity index (χ0v) is 5.05. The first-order valence-electron chi connectivity index (χ1n) is 2.92. The first kappa shape index (κ1) is 6.15. The van der Waals surface area contributed by atoms with Crippen LogP contribution in [0.5, 0.6) is 0 Å². The lowest BCUT2D eigenvalue weighted by Gasteiger charge is -2.31. The molecule has 0 aromatic carbocycles. The van der Waals surface area contributed by atoms with Crippen LogP contribution in [0.3, 0.4) is 0 Å². The van der Waals surface area contributed by atoms with Gasteiger partial charge in [-0.3, -0.25) is 4.79 Å². The molecule has 0 atom stereocenters. The summed E-state index contributed by atoms with van der Waals surface area (Å²) in [4.78, 5) is 10.4. The number of hydrogen-bond acceptors (Lipinski definition) is 1. The van der Waals surface area contributed by atoms with Crippen LogP contribution < -0.4 is 0 Å². The van der Waals surface area contributed by atoms with E-state index in [-0.39, 0.29) is 0 Å². The third-order valence-electron chi connectivity index (χ3n) is 1.89. The molecule has 0 radical (unpaired) electrons. The fraction of sp³-hybridized carbons (Fsp3) is 0.571. The molecule has 1 saturated carbocycles. The zero-order valence-electron chi connectivity index (χ0n) is 5.05. The highest BCUT2D eigenvalue weighted by atomic mass is 16.4. The molecule has 1 aliphatic rings. The lowest BCUT2D eigenvalue weighted by molar-refractivity contribution is -0.149. The van der Waals surface area contributed by atoms with Crippen LogP contribution >= 0.6 is 0 Å². The second-order valence-electron chi connectivity index (χ2n) is 2.39. The van der Waals surface area contributed by atoms with E-state index in [1.807, 2.05) is 0 Å². The van der Waals surface area contributed by atoms with Crippen molar-refractivity contribution >= 4 is 5.97 Å². The smallest absolute Gasteiger partial charge is 0.321 e. The van der Waals surface area contributed by atoms with Crippen molar-refractivity contribution < 1.29 is 9.90 Å². The Labute approximate surface area is 53.9 Å². The highest BCUT2D eigenvalue weighted by molar-refractivity contribution is 5.79. The summed E-state index contributed by atoms with van der Waals surface area (Å²) in [5, 5.41) is 8.54. The number of rotatable bonds is 1. The van der Waals surface area contributed by atoms with E-state index >= 15 is 0 Å². The SMILES string of the molecule is C#CC1(C(=O)O)CCC1. The number of aliphatic carboxylic acids is 1. The molecule has 0 aliphatic heterocycles. The topological polar surface area (TPSA) is 37.3 Å². The lowest BCUT2D eigenvalue weighted by atomic mass is 9.70. The van der Waals surface area contributed by atoms with Crippen molar-refractivity contribution in [3.63, 3.8) is 0 Å². The Hall–Kier alpha value is -0.970. The molecule has 0 spiro atoms. The van der Waals surface area contributed by atoms with Gasteiger partial charge in [-0.15, -0.1) is 6.42 Å². The Kier molecular flexibility index (Phi) is 1.21. The molecule has 0 unspecified atom stereocenters. The van der Waals surface area contributed by atoms with Crippen LogP contribution in [0.1, 0.15) is 19.3 Å². The van der Waals surface area contributed by atoms with Gasteiger partial charge in [-0.05, 0) is 19.3 Å². The first-order valence-corrected chi connectivity index (χ1v) is 2.92. The third-order valence-corrected chi connectivity index (χ3v) is 1.89. The van der Waals surface area contributed by atoms with Gasteiger partial charge < -0.3 is 5.11 Å². The fourth-order valence-electron chi connectivity index (χ4n) is 0.950. The average molecular weight is 124 g/mol. The maximum absolute atomic E-state index is 10.4. The molecule has 9 heavy (non-hydrogen) atoms. The van der Waals surface area contributed by atoms with E-state index in [1.54, 1.807) is 0 Å². The largest absolute Gasteiger partial charge is 0.480 e. The van der Waals surface area contributed by atoms with Crippen molar-refractivity contribution in [2.75, 3.05) is 0 Å². The Bertz CT molecular complexity index is 172. The second kappa shape index (κ2) is 1.77. The average Bonchev–Trinajstić information content (AvgIpc) is 1.62. The van der Waals surface area contributed by atoms with Gasteiger partial charge in [0.25, 0.3) is 0 Å². The highest BCUT2D eigenvalue weighted by Gasteiger charge is 2.42. The number of terminal acetylenes is 1.